The highest BCUT2D eigenvalue weighted by Crippen LogP contribution is 2.38. The molecule has 0 aliphatic heterocycles. The lowest BCUT2D eigenvalue weighted by Crippen LogP contribution is -2.22. The molecule has 146 valence electrons. The number of thiophene rings is 2. The van der Waals surface area contributed by atoms with Crippen LogP contribution in [0.15, 0.2) is 47.2 Å². The van der Waals surface area contributed by atoms with Crippen LogP contribution in [0, 0.1) is 0 Å². The molecular weight excluding hydrogens is 396 g/mol. The Morgan fingerprint density at radius 1 is 1.11 bits per heavy atom. The Morgan fingerprint density at radius 3 is 2.64 bits per heavy atom. The van der Waals surface area contributed by atoms with Gasteiger partial charge in [-0.25, -0.2) is 4.79 Å². The zero-order chi connectivity index (χ0) is 19.9. The Hall–Kier alpha value is -2.84. The molecule has 6 nitrogen and oxygen atoms in total. The highest BCUT2D eigenvalue weighted by Gasteiger charge is 2.23. The lowest BCUT2D eigenvalue weighted by Gasteiger charge is -2.11. The molecule has 0 fully saturated rings. The fourth-order valence-corrected chi connectivity index (χ4v) is 4.39. The van der Waals surface area contributed by atoms with Crippen LogP contribution in [0.1, 0.15) is 17.3 Å². The molecule has 0 aliphatic rings. The summed E-state index contributed by atoms with van der Waals surface area (Å²) in [7, 11) is 1.57. The number of carbonyl (C=O) groups excluding carboxylic acids is 2. The van der Waals surface area contributed by atoms with Crippen LogP contribution in [0.2, 0.25) is 0 Å². The fraction of sp³-hybridized carbons (Fsp3) is 0.200. The quantitative estimate of drug-likeness (QED) is 0.520. The van der Waals surface area contributed by atoms with Gasteiger partial charge in [-0.1, -0.05) is 18.2 Å². The summed E-state index contributed by atoms with van der Waals surface area (Å²) < 4.78 is 10.5. The van der Waals surface area contributed by atoms with Gasteiger partial charge in [0.25, 0.3) is 0 Å². The fourth-order valence-electron chi connectivity index (χ4n) is 2.61. The molecule has 0 atom stereocenters. The smallest absolute Gasteiger partial charge is 0.341 e. The van der Waals surface area contributed by atoms with Crippen molar-refractivity contribution in [3.05, 3.63) is 52.7 Å². The first-order chi connectivity index (χ1) is 13.6. The second-order valence-corrected chi connectivity index (χ2v) is 7.48. The number of nitrogens with one attached hydrogen (secondary N) is 2. The second kappa shape index (κ2) is 9.38. The Balaban J connectivity index is 1.76. The molecule has 1 amide bonds. The molecule has 0 saturated carbocycles. The molecule has 0 unspecified atom stereocenters. The van der Waals surface area contributed by atoms with E-state index in [1.807, 2.05) is 47.2 Å². The largest absolute Gasteiger partial charge is 0.495 e. The van der Waals surface area contributed by atoms with E-state index in [1.54, 1.807) is 14.0 Å². The number of hydrogen-bond donors (Lipinski definition) is 2. The molecule has 2 N–H and O–H groups in total. The van der Waals surface area contributed by atoms with Gasteiger partial charge < -0.3 is 20.1 Å². The maximum absolute atomic E-state index is 12.5. The minimum absolute atomic E-state index is 0.0366. The molecule has 2 heterocycles. The van der Waals surface area contributed by atoms with Crippen molar-refractivity contribution < 1.29 is 19.1 Å². The van der Waals surface area contributed by atoms with Gasteiger partial charge in [-0.3, -0.25) is 4.79 Å². The molecular formula is C20H20N2O4S2. The molecule has 8 heteroatoms. The van der Waals surface area contributed by atoms with E-state index in [2.05, 4.69) is 10.6 Å². The van der Waals surface area contributed by atoms with E-state index >= 15 is 0 Å². The number of benzene rings is 1. The van der Waals surface area contributed by atoms with Crippen LogP contribution < -0.4 is 15.4 Å². The number of carbonyl (C=O) groups is 2. The van der Waals surface area contributed by atoms with Gasteiger partial charge in [0, 0.05) is 15.8 Å². The highest BCUT2D eigenvalue weighted by atomic mass is 32.1. The van der Waals surface area contributed by atoms with Gasteiger partial charge in [0.2, 0.25) is 5.91 Å². The monoisotopic (exact) mass is 416 g/mol. The van der Waals surface area contributed by atoms with Crippen LogP contribution in [0.25, 0.3) is 10.4 Å². The van der Waals surface area contributed by atoms with Crippen LogP contribution in [-0.4, -0.2) is 32.1 Å². The number of methoxy groups -OCH3 is 1. The van der Waals surface area contributed by atoms with E-state index < -0.39 is 5.97 Å². The molecule has 0 saturated heterocycles. The van der Waals surface area contributed by atoms with Crippen molar-refractivity contribution in [2.24, 2.45) is 0 Å². The molecule has 28 heavy (non-hydrogen) atoms. The third kappa shape index (κ3) is 4.52. The first-order valence-electron chi connectivity index (χ1n) is 8.63. The van der Waals surface area contributed by atoms with Crippen molar-refractivity contribution in [1.29, 1.82) is 0 Å². The van der Waals surface area contributed by atoms with Crippen molar-refractivity contribution in [2.45, 2.75) is 6.92 Å². The van der Waals surface area contributed by atoms with Gasteiger partial charge in [0.1, 0.15) is 16.3 Å². The third-order valence-corrected chi connectivity index (χ3v) is 5.66. The summed E-state index contributed by atoms with van der Waals surface area (Å²) in [5.41, 5.74) is 1.88. The predicted octanol–water partition coefficient (Wildman–Crippen LogP) is 4.71. The van der Waals surface area contributed by atoms with Crippen molar-refractivity contribution in [3.8, 4) is 16.2 Å². The molecule has 2 aromatic heterocycles. The number of para-hydroxylation sites is 2. The summed E-state index contributed by atoms with van der Waals surface area (Å²) in [6.07, 6.45) is 0. The van der Waals surface area contributed by atoms with Gasteiger partial charge in [-0.05, 0) is 30.5 Å². The van der Waals surface area contributed by atoms with Crippen LogP contribution in [0.4, 0.5) is 10.7 Å². The van der Waals surface area contributed by atoms with E-state index in [4.69, 9.17) is 9.47 Å². The number of hydrogen-bond acceptors (Lipinski definition) is 7. The van der Waals surface area contributed by atoms with Crippen molar-refractivity contribution in [1.82, 2.24) is 0 Å². The highest BCUT2D eigenvalue weighted by molar-refractivity contribution is 7.17. The van der Waals surface area contributed by atoms with E-state index in [0.29, 0.717) is 16.3 Å². The summed E-state index contributed by atoms with van der Waals surface area (Å²) >= 11 is 2.84. The number of amides is 1. The summed E-state index contributed by atoms with van der Waals surface area (Å²) in [6, 6.07) is 11.2. The number of ether oxygens (including phenoxy) is 2. The van der Waals surface area contributed by atoms with E-state index in [0.717, 1.165) is 16.1 Å². The molecule has 3 rings (SSSR count). The van der Waals surface area contributed by atoms with E-state index in [1.165, 1.54) is 22.7 Å². The van der Waals surface area contributed by atoms with E-state index in [9.17, 15) is 9.59 Å². The Labute approximate surface area is 171 Å². The molecule has 0 bridgehead atoms. The molecule has 0 spiro atoms. The normalized spacial score (nSPS) is 10.4. The van der Waals surface area contributed by atoms with Crippen LogP contribution >= 0.6 is 22.7 Å². The molecule has 3 aromatic rings. The minimum atomic E-state index is -0.444. The Morgan fingerprint density at radius 2 is 1.93 bits per heavy atom. The standard InChI is InChI=1S/C20H20N2O4S2/c1-3-26-20(24)18-13(16-9-6-10-27-16)12-28-19(18)22-17(23)11-21-14-7-4-5-8-15(14)25-2/h4-10,12,21H,3,11H2,1-2H3,(H,22,23). The van der Waals surface area contributed by atoms with Gasteiger partial charge in [0.15, 0.2) is 0 Å². The zero-order valence-corrected chi connectivity index (χ0v) is 17.1. The first kappa shape index (κ1) is 19.9. The maximum atomic E-state index is 12.5. The molecule has 1 aromatic carbocycles. The maximum Gasteiger partial charge on any atom is 0.341 e. The number of rotatable bonds is 8. The topological polar surface area (TPSA) is 76.7 Å². The summed E-state index contributed by atoms with van der Waals surface area (Å²) in [6.45, 7) is 2.06. The molecule has 0 radical (unpaired) electrons. The average Bonchev–Trinajstić information content (AvgIpc) is 3.36. The Bertz CT molecular complexity index is 951. The van der Waals surface area contributed by atoms with Gasteiger partial charge in [-0.2, -0.15) is 0 Å². The van der Waals surface area contributed by atoms with Crippen molar-refractivity contribution in [3.63, 3.8) is 0 Å². The Kier molecular flexibility index (Phi) is 6.67. The van der Waals surface area contributed by atoms with Crippen molar-refractivity contribution in [2.75, 3.05) is 30.9 Å². The molecule has 0 aliphatic carbocycles. The summed E-state index contributed by atoms with van der Waals surface area (Å²) in [5.74, 6) is -0.0604. The second-order valence-electron chi connectivity index (χ2n) is 5.65. The number of anilines is 2. The van der Waals surface area contributed by atoms with Gasteiger partial charge in [-0.15, -0.1) is 22.7 Å². The zero-order valence-electron chi connectivity index (χ0n) is 15.5. The van der Waals surface area contributed by atoms with Crippen LogP contribution in [0.3, 0.4) is 0 Å². The third-order valence-electron chi connectivity index (χ3n) is 3.86. The summed E-state index contributed by atoms with van der Waals surface area (Å²) in [4.78, 5) is 25.9. The average molecular weight is 417 g/mol. The first-order valence-corrected chi connectivity index (χ1v) is 10.4. The SMILES string of the molecule is CCOC(=O)c1c(-c2cccs2)csc1NC(=O)CNc1ccccc1OC. The van der Waals surface area contributed by atoms with Gasteiger partial charge in [0.05, 0.1) is 25.9 Å². The van der Waals surface area contributed by atoms with Crippen molar-refractivity contribution >= 4 is 45.2 Å². The lowest BCUT2D eigenvalue weighted by molar-refractivity contribution is -0.114. The minimum Gasteiger partial charge on any atom is -0.495 e. The predicted molar refractivity (Wildman–Crippen MR) is 114 cm³/mol. The van der Waals surface area contributed by atoms with Crippen LogP contribution in [-0.2, 0) is 9.53 Å². The summed E-state index contributed by atoms with van der Waals surface area (Å²) in [5, 5.41) is 10.2. The lowest BCUT2D eigenvalue weighted by atomic mass is 10.1. The van der Waals surface area contributed by atoms with Crippen LogP contribution in [0.5, 0.6) is 5.75 Å². The number of esters is 1. The van der Waals surface area contributed by atoms with Gasteiger partial charge >= 0.3 is 5.97 Å². The van der Waals surface area contributed by atoms with E-state index in [-0.39, 0.29) is 19.1 Å².